The first-order valence-electron chi connectivity index (χ1n) is 5.82. The number of hydrogen-bond donors (Lipinski definition) is 1. The third-order valence-electron chi connectivity index (χ3n) is 3.12. The second kappa shape index (κ2) is 5.17. The minimum absolute atomic E-state index is 0.579. The van der Waals surface area contributed by atoms with Crippen molar-refractivity contribution in [2.24, 2.45) is 0 Å². The predicted molar refractivity (Wildman–Crippen MR) is 69.6 cm³/mol. The van der Waals surface area contributed by atoms with E-state index in [-0.39, 0.29) is 0 Å². The maximum Gasteiger partial charge on any atom is 0.160 e. The van der Waals surface area contributed by atoms with Gasteiger partial charge in [-0.05, 0) is 42.7 Å². The highest BCUT2D eigenvalue weighted by Crippen LogP contribution is 2.17. The zero-order valence-corrected chi connectivity index (χ0v) is 10.4. The van der Waals surface area contributed by atoms with Gasteiger partial charge in [0.25, 0.3) is 0 Å². The Morgan fingerprint density at radius 2 is 1.78 bits per heavy atom. The highest BCUT2D eigenvalue weighted by Gasteiger charge is 2.04. The smallest absolute Gasteiger partial charge is 0.160 e. The minimum atomic E-state index is -0.832. The molecule has 94 valence electrons. The van der Waals surface area contributed by atoms with E-state index in [1.807, 2.05) is 12.1 Å². The Labute approximate surface area is 105 Å². The molecular formula is C15H15F2N. The van der Waals surface area contributed by atoms with Crippen LogP contribution >= 0.6 is 0 Å². The Morgan fingerprint density at radius 3 is 2.50 bits per heavy atom. The Balaban J connectivity index is 2.11. The summed E-state index contributed by atoms with van der Waals surface area (Å²) < 4.78 is 25.8. The third kappa shape index (κ3) is 2.67. The van der Waals surface area contributed by atoms with Gasteiger partial charge in [-0.1, -0.05) is 18.2 Å². The molecule has 0 unspecified atom stereocenters. The Kier molecular flexibility index (Phi) is 3.60. The molecule has 1 N–H and O–H groups in total. The molecule has 2 rings (SSSR count). The minimum Gasteiger partial charge on any atom is -0.381 e. The molecule has 0 radical (unpaired) electrons. The van der Waals surface area contributed by atoms with Crippen molar-refractivity contribution in [3.8, 4) is 0 Å². The van der Waals surface area contributed by atoms with Crippen LogP contribution in [0.1, 0.15) is 16.7 Å². The third-order valence-corrected chi connectivity index (χ3v) is 3.12. The second-order valence-electron chi connectivity index (χ2n) is 4.34. The fourth-order valence-electron chi connectivity index (χ4n) is 1.81. The van der Waals surface area contributed by atoms with Crippen LogP contribution in [0.3, 0.4) is 0 Å². The molecule has 2 aromatic rings. The molecule has 2 aromatic carbocycles. The van der Waals surface area contributed by atoms with Crippen LogP contribution in [0, 0.1) is 25.5 Å². The molecule has 0 aromatic heterocycles. The SMILES string of the molecule is Cc1cccc(CNc2ccc(F)c(F)c2)c1C. The van der Waals surface area contributed by atoms with E-state index >= 15 is 0 Å². The lowest BCUT2D eigenvalue weighted by Gasteiger charge is -2.11. The molecule has 18 heavy (non-hydrogen) atoms. The van der Waals surface area contributed by atoms with Gasteiger partial charge in [0, 0.05) is 18.3 Å². The first-order valence-corrected chi connectivity index (χ1v) is 5.82. The van der Waals surface area contributed by atoms with E-state index in [2.05, 4.69) is 25.2 Å². The summed E-state index contributed by atoms with van der Waals surface area (Å²) in [7, 11) is 0. The Bertz CT molecular complexity index is 564. The van der Waals surface area contributed by atoms with Gasteiger partial charge in [0.05, 0.1) is 0 Å². The van der Waals surface area contributed by atoms with E-state index in [9.17, 15) is 8.78 Å². The average molecular weight is 247 g/mol. The van der Waals surface area contributed by atoms with Crippen LogP contribution in [0.25, 0.3) is 0 Å². The second-order valence-corrected chi connectivity index (χ2v) is 4.34. The van der Waals surface area contributed by atoms with Crippen molar-refractivity contribution < 1.29 is 8.78 Å². The van der Waals surface area contributed by atoms with E-state index < -0.39 is 11.6 Å². The highest BCUT2D eigenvalue weighted by atomic mass is 19.2. The lowest BCUT2D eigenvalue weighted by Crippen LogP contribution is -2.02. The van der Waals surface area contributed by atoms with Crippen LogP contribution in [0.4, 0.5) is 14.5 Å². The van der Waals surface area contributed by atoms with E-state index in [0.29, 0.717) is 12.2 Å². The van der Waals surface area contributed by atoms with Crippen LogP contribution in [0.15, 0.2) is 36.4 Å². The number of aryl methyl sites for hydroxylation is 1. The standard InChI is InChI=1S/C15H15F2N/c1-10-4-3-5-12(11(10)2)9-18-13-6-7-14(16)15(17)8-13/h3-8,18H,9H2,1-2H3. The van der Waals surface area contributed by atoms with Crippen LogP contribution < -0.4 is 5.32 Å². The van der Waals surface area contributed by atoms with Gasteiger partial charge in [-0.15, -0.1) is 0 Å². The Morgan fingerprint density at radius 1 is 1.00 bits per heavy atom. The molecular weight excluding hydrogens is 232 g/mol. The molecule has 0 atom stereocenters. The van der Waals surface area contributed by atoms with Crippen molar-refractivity contribution in [2.45, 2.75) is 20.4 Å². The number of rotatable bonds is 3. The summed E-state index contributed by atoms with van der Waals surface area (Å²) in [6, 6.07) is 9.89. The molecule has 0 fully saturated rings. The quantitative estimate of drug-likeness (QED) is 0.857. The van der Waals surface area contributed by atoms with Crippen molar-refractivity contribution in [2.75, 3.05) is 5.32 Å². The molecule has 1 nitrogen and oxygen atoms in total. The van der Waals surface area contributed by atoms with E-state index in [4.69, 9.17) is 0 Å². The highest BCUT2D eigenvalue weighted by molar-refractivity contribution is 5.45. The number of halogens is 2. The fraction of sp³-hybridized carbons (Fsp3) is 0.200. The molecule has 0 spiro atoms. The van der Waals surface area contributed by atoms with E-state index in [1.165, 1.54) is 23.3 Å². The number of anilines is 1. The monoisotopic (exact) mass is 247 g/mol. The summed E-state index contributed by atoms with van der Waals surface area (Å²) in [5.41, 5.74) is 4.17. The van der Waals surface area contributed by atoms with Crippen LogP contribution in [0.2, 0.25) is 0 Å². The molecule has 0 amide bonds. The molecule has 0 aliphatic carbocycles. The van der Waals surface area contributed by atoms with Crippen LogP contribution in [-0.4, -0.2) is 0 Å². The maximum absolute atomic E-state index is 13.0. The van der Waals surface area contributed by atoms with E-state index in [0.717, 1.165) is 11.6 Å². The number of nitrogens with one attached hydrogen (secondary N) is 1. The fourth-order valence-corrected chi connectivity index (χ4v) is 1.81. The maximum atomic E-state index is 13.0. The number of benzene rings is 2. The summed E-state index contributed by atoms with van der Waals surface area (Å²) in [6.45, 7) is 4.70. The predicted octanol–water partition coefficient (Wildman–Crippen LogP) is 4.19. The molecule has 0 aliphatic rings. The summed E-state index contributed by atoms with van der Waals surface area (Å²) in [5.74, 6) is -1.66. The van der Waals surface area contributed by atoms with Gasteiger partial charge >= 0.3 is 0 Å². The number of hydrogen-bond acceptors (Lipinski definition) is 1. The van der Waals surface area contributed by atoms with Crippen molar-refractivity contribution in [3.05, 3.63) is 64.7 Å². The van der Waals surface area contributed by atoms with Crippen LogP contribution in [-0.2, 0) is 6.54 Å². The molecule has 0 aliphatic heterocycles. The van der Waals surface area contributed by atoms with Gasteiger partial charge < -0.3 is 5.32 Å². The van der Waals surface area contributed by atoms with Crippen molar-refractivity contribution >= 4 is 5.69 Å². The first-order chi connectivity index (χ1) is 8.58. The Hall–Kier alpha value is -1.90. The summed E-state index contributed by atoms with van der Waals surface area (Å²) in [6.07, 6.45) is 0. The first kappa shape index (κ1) is 12.6. The van der Waals surface area contributed by atoms with Gasteiger partial charge in [0.15, 0.2) is 11.6 Å². The molecule has 0 bridgehead atoms. The van der Waals surface area contributed by atoms with Crippen molar-refractivity contribution in [3.63, 3.8) is 0 Å². The summed E-state index contributed by atoms with van der Waals surface area (Å²) in [4.78, 5) is 0. The zero-order chi connectivity index (χ0) is 13.1. The van der Waals surface area contributed by atoms with Gasteiger partial charge in [-0.2, -0.15) is 0 Å². The largest absolute Gasteiger partial charge is 0.381 e. The summed E-state index contributed by atoms with van der Waals surface area (Å²) >= 11 is 0. The average Bonchev–Trinajstić information content (AvgIpc) is 2.35. The van der Waals surface area contributed by atoms with Gasteiger partial charge in [-0.25, -0.2) is 8.78 Å². The zero-order valence-electron chi connectivity index (χ0n) is 10.4. The van der Waals surface area contributed by atoms with Gasteiger partial charge in [0.2, 0.25) is 0 Å². The lowest BCUT2D eigenvalue weighted by molar-refractivity contribution is 0.509. The molecule has 0 saturated heterocycles. The van der Waals surface area contributed by atoms with Gasteiger partial charge in [-0.3, -0.25) is 0 Å². The van der Waals surface area contributed by atoms with E-state index in [1.54, 1.807) is 0 Å². The molecule has 3 heteroatoms. The molecule has 0 saturated carbocycles. The normalized spacial score (nSPS) is 10.4. The van der Waals surface area contributed by atoms with Gasteiger partial charge in [0.1, 0.15) is 0 Å². The van der Waals surface area contributed by atoms with Crippen LogP contribution in [0.5, 0.6) is 0 Å². The summed E-state index contributed by atoms with van der Waals surface area (Å²) in [5, 5.41) is 3.09. The topological polar surface area (TPSA) is 12.0 Å². The lowest BCUT2D eigenvalue weighted by atomic mass is 10.0. The molecule has 0 heterocycles. The van der Waals surface area contributed by atoms with Crippen molar-refractivity contribution in [1.82, 2.24) is 0 Å². The van der Waals surface area contributed by atoms with Crippen molar-refractivity contribution in [1.29, 1.82) is 0 Å².